The van der Waals surface area contributed by atoms with Crippen LogP contribution in [-0.4, -0.2) is 9.13 Å². The number of hydrogen-bond acceptors (Lipinski definition) is 4. The molecule has 2 aromatic heterocycles. The fraction of sp³-hybridized carbons (Fsp3) is 0.294. The number of aryl methyl sites for hydroxylation is 3. The van der Waals surface area contributed by atoms with Gasteiger partial charge in [-0.1, -0.05) is 24.3 Å². The first-order valence-corrected chi connectivity index (χ1v) is 8.10. The predicted octanol–water partition coefficient (Wildman–Crippen LogP) is 2.49. The summed E-state index contributed by atoms with van der Waals surface area (Å²) in [6, 6.07) is 7.99. The second-order valence-corrected chi connectivity index (χ2v) is 6.81. The Morgan fingerprint density at radius 1 is 1.09 bits per heavy atom. The summed E-state index contributed by atoms with van der Waals surface area (Å²) in [5, 5.41) is 0. The molecule has 0 unspecified atom stereocenters. The largest absolute Gasteiger partial charge is 0.486 e. The van der Waals surface area contributed by atoms with Gasteiger partial charge in [0.15, 0.2) is 5.75 Å². The van der Waals surface area contributed by atoms with Crippen LogP contribution in [0.25, 0.3) is 10.2 Å². The summed E-state index contributed by atoms with van der Waals surface area (Å²) in [4.78, 5) is 25.4. The number of hydrogen-bond donors (Lipinski definition) is 0. The van der Waals surface area contributed by atoms with E-state index in [4.69, 9.17) is 4.74 Å². The maximum atomic E-state index is 12.3. The first-order valence-electron chi connectivity index (χ1n) is 7.28. The minimum absolute atomic E-state index is 0.276. The Morgan fingerprint density at radius 3 is 2.48 bits per heavy atom. The molecule has 3 rings (SSSR count). The van der Waals surface area contributed by atoms with Gasteiger partial charge in [-0.25, -0.2) is 4.79 Å². The number of rotatable bonds is 3. The minimum Gasteiger partial charge on any atom is -0.486 e. The van der Waals surface area contributed by atoms with Gasteiger partial charge in [-0.2, -0.15) is 0 Å². The van der Waals surface area contributed by atoms with Crippen molar-refractivity contribution in [2.24, 2.45) is 14.1 Å². The molecule has 0 amide bonds. The Bertz CT molecular complexity index is 1010. The Labute approximate surface area is 137 Å². The lowest BCUT2D eigenvalue weighted by Crippen LogP contribution is -2.36. The maximum Gasteiger partial charge on any atom is 0.331 e. The van der Waals surface area contributed by atoms with Crippen molar-refractivity contribution < 1.29 is 4.74 Å². The van der Waals surface area contributed by atoms with E-state index in [-0.39, 0.29) is 11.2 Å². The number of benzene rings is 1. The van der Waals surface area contributed by atoms with Crippen molar-refractivity contribution in [3.05, 3.63) is 61.1 Å². The van der Waals surface area contributed by atoms with Gasteiger partial charge in [-0.3, -0.25) is 13.9 Å². The van der Waals surface area contributed by atoms with Crippen LogP contribution in [0.2, 0.25) is 0 Å². The van der Waals surface area contributed by atoms with E-state index >= 15 is 0 Å². The third-order valence-electron chi connectivity index (χ3n) is 4.05. The SMILES string of the molecule is Cc1ccccc1COc1c(C)sc2c(=O)n(C)c(=O)n(C)c12. The highest BCUT2D eigenvalue weighted by atomic mass is 32.1. The third kappa shape index (κ3) is 2.49. The normalized spacial score (nSPS) is 11.1. The summed E-state index contributed by atoms with van der Waals surface area (Å²) in [6.07, 6.45) is 0. The number of nitrogens with zero attached hydrogens (tertiary/aromatic N) is 2. The molecule has 6 heteroatoms. The smallest absolute Gasteiger partial charge is 0.331 e. The Kier molecular flexibility index (Phi) is 3.85. The van der Waals surface area contributed by atoms with Crippen LogP contribution in [0.3, 0.4) is 0 Å². The highest BCUT2D eigenvalue weighted by Crippen LogP contribution is 2.35. The van der Waals surface area contributed by atoms with E-state index in [9.17, 15) is 9.59 Å². The molecule has 2 heterocycles. The minimum atomic E-state index is -0.346. The molecule has 0 spiro atoms. The van der Waals surface area contributed by atoms with Crippen molar-refractivity contribution in [3.8, 4) is 5.75 Å². The van der Waals surface area contributed by atoms with Crippen molar-refractivity contribution in [1.29, 1.82) is 0 Å². The zero-order valence-electron chi connectivity index (χ0n) is 13.5. The predicted molar refractivity (Wildman–Crippen MR) is 92.6 cm³/mol. The lowest BCUT2D eigenvalue weighted by Gasteiger charge is -2.10. The Morgan fingerprint density at radius 2 is 1.78 bits per heavy atom. The van der Waals surface area contributed by atoms with Crippen LogP contribution in [0.1, 0.15) is 16.0 Å². The molecule has 0 aliphatic heterocycles. The fourth-order valence-corrected chi connectivity index (χ4v) is 3.72. The molecule has 0 N–H and O–H groups in total. The zero-order chi connectivity index (χ0) is 16.7. The van der Waals surface area contributed by atoms with Crippen LogP contribution in [0.4, 0.5) is 0 Å². The van der Waals surface area contributed by atoms with Crippen LogP contribution in [0.5, 0.6) is 5.75 Å². The molecule has 23 heavy (non-hydrogen) atoms. The molecule has 0 bridgehead atoms. The van der Waals surface area contributed by atoms with Crippen molar-refractivity contribution in [2.45, 2.75) is 20.5 Å². The Hall–Kier alpha value is -2.34. The molecule has 0 saturated carbocycles. The van der Waals surface area contributed by atoms with Gasteiger partial charge in [-0.15, -0.1) is 11.3 Å². The van der Waals surface area contributed by atoms with Gasteiger partial charge < -0.3 is 4.74 Å². The molecule has 5 nitrogen and oxygen atoms in total. The van der Waals surface area contributed by atoms with Crippen molar-refractivity contribution in [2.75, 3.05) is 0 Å². The highest BCUT2D eigenvalue weighted by molar-refractivity contribution is 7.19. The summed E-state index contributed by atoms with van der Waals surface area (Å²) < 4.78 is 9.15. The summed E-state index contributed by atoms with van der Waals surface area (Å²) >= 11 is 1.36. The second kappa shape index (κ2) is 5.70. The molecule has 0 radical (unpaired) electrons. The van der Waals surface area contributed by atoms with Gasteiger partial charge in [0.05, 0.1) is 0 Å². The van der Waals surface area contributed by atoms with E-state index in [1.54, 1.807) is 7.05 Å². The van der Waals surface area contributed by atoms with E-state index in [1.165, 1.54) is 23.0 Å². The summed E-state index contributed by atoms with van der Waals surface area (Å²) in [5.41, 5.74) is 2.19. The number of ether oxygens (including phenoxy) is 1. The average molecular weight is 330 g/mol. The quantitative estimate of drug-likeness (QED) is 0.741. The standard InChI is InChI=1S/C17H18N2O3S/c1-10-7-5-6-8-12(10)9-22-14-11(2)23-15-13(14)18(3)17(21)19(4)16(15)20/h5-8H,9H2,1-4H3. The van der Waals surface area contributed by atoms with Gasteiger partial charge in [0.25, 0.3) is 5.56 Å². The first-order chi connectivity index (χ1) is 10.9. The van der Waals surface area contributed by atoms with Gasteiger partial charge in [0.2, 0.25) is 0 Å². The fourth-order valence-electron chi connectivity index (χ4n) is 2.62. The van der Waals surface area contributed by atoms with Gasteiger partial charge in [0, 0.05) is 19.0 Å². The second-order valence-electron chi connectivity index (χ2n) is 5.59. The number of thiophene rings is 1. The molecule has 120 valence electrons. The van der Waals surface area contributed by atoms with Crippen LogP contribution in [0, 0.1) is 13.8 Å². The van der Waals surface area contributed by atoms with E-state index in [0.29, 0.717) is 22.6 Å². The molecular weight excluding hydrogens is 312 g/mol. The van der Waals surface area contributed by atoms with Crippen molar-refractivity contribution >= 4 is 21.6 Å². The van der Waals surface area contributed by atoms with Gasteiger partial charge >= 0.3 is 5.69 Å². The monoisotopic (exact) mass is 330 g/mol. The van der Waals surface area contributed by atoms with Crippen LogP contribution >= 0.6 is 11.3 Å². The van der Waals surface area contributed by atoms with E-state index in [2.05, 4.69) is 0 Å². The van der Waals surface area contributed by atoms with E-state index < -0.39 is 0 Å². The lowest BCUT2D eigenvalue weighted by atomic mass is 10.1. The van der Waals surface area contributed by atoms with Crippen LogP contribution in [0.15, 0.2) is 33.9 Å². The van der Waals surface area contributed by atoms with E-state index in [1.807, 2.05) is 38.1 Å². The van der Waals surface area contributed by atoms with Crippen LogP contribution in [-0.2, 0) is 20.7 Å². The van der Waals surface area contributed by atoms with Crippen molar-refractivity contribution in [1.82, 2.24) is 9.13 Å². The van der Waals surface area contributed by atoms with Gasteiger partial charge in [-0.05, 0) is 25.0 Å². The van der Waals surface area contributed by atoms with Gasteiger partial charge in [0.1, 0.15) is 16.8 Å². The molecule has 1 aromatic carbocycles. The number of aromatic nitrogens is 2. The summed E-state index contributed by atoms with van der Waals surface area (Å²) in [7, 11) is 3.16. The average Bonchev–Trinajstić information content (AvgIpc) is 2.87. The Balaban J connectivity index is 2.12. The number of fused-ring (bicyclic) bond motifs is 1. The lowest BCUT2D eigenvalue weighted by molar-refractivity contribution is 0.307. The third-order valence-corrected chi connectivity index (χ3v) is 5.11. The van der Waals surface area contributed by atoms with Crippen molar-refractivity contribution in [3.63, 3.8) is 0 Å². The molecule has 0 aliphatic carbocycles. The summed E-state index contributed by atoms with van der Waals surface area (Å²) in [5.74, 6) is 0.616. The topological polar surface area (TPSA) is 53.2 Å². The maximum absolute atomic E-state index is 12.3. The highest BCUT2D eigenvalue weighted by Gasteiger charge is 2.19. The van der Waals surface area contributed by atoms with E-state index in [0.717, 1.165) is 20.6 Å². The molecule has 3 aromatic rings. The zero-order valence-corrected chi connectivity index (χ0v) is 14.4. The first kappa shape index (κ1) is 15.6. The molecule has 0 aliphatic rings. The molecule has 0 saturated heterocycles. The van der Waals surface area contributed by atoms with Crippen LogP contribution < -0.4 is 16.0 Å². The summed E-state index contributed by atoms with van der Waals surface area (Å²) in [6.45, 7) is 4.34. The molecular formula is C17H18N2O3S. The molecule has 0 atom stereocenters. The molecule has 0 fully saturated rings.